The summed E-state index contributed by atoms with van der Waals surface area (Å²) in [6.45, 7) is 4.06. The second kappa shape index (κ2) is 10.5. The SMILES string of the molecule is COc1cc(CNCCCc2nc3ccccc3[nH]2)c(Cl)cc1OCc1ccc(C)cc1. The fraction of sp³-hybridized carbons (Fsp3) is 0.269. The van der Waals surface area contributed by atoms with Crippen LogP contribution in [0.15, 0.2) is 60.7 Å². The predicted molar refractivity (Wildman–Crippen MR) is 130 cm³/mol. The molecule has 0 aliphatic heterocycles. The minimum absolute atomic E-state index is 0.465. The number of imidazole rings is 1. The van der Waals surface area contributed by atoms with Crippen molar-refractivity contribution in [2.75, 3.05) is 13.7 Å². The number of rotatable bonds is 10. The molecule has 5 nitrogen and oxygen atoms in total. The number of nitrogens with one attached hydrogen (secondary N) is 2. The van der Waals surface area contributed by atoms with Crippen LogP contribution < -0.4 is 14.8 Å². The summed E-state index contributed by atoms with van der Waals surface area (Å²) >= 11 is 6.52. The maximum absolute atomic E-state index is 6.52. The van der Waals surface area contributed by atoms with Crippen LogP contribution in [0.3, 0.4) is 0 Å². The van der Waals surface area contributed by atoms with Gasteiger partial charge in [0.2, 0.25) is 0 Å². The highest BCUT2D eigenvalue weighted by Gasteiger charge is 2.11. The fourth-order valence-corrected chi connectivity index (χ4v) is 3.78. The third kappa shape index (κ3) is 5.61. The number of ether oxygens (including phenoxy) is 2. The van der Waals surface area contributed by atoms with Crippen molar-refractivity contribution in [2.24, 2.45) is 0 Å². The molecule has 1 aromatic heterocycles. The minimum atomic E-state index is 0.465. The number of hydrogen-bond donors (Lipinski definition) is 2. The molecule has 4 aromatic rings. The molecule has 4 rings (SSSR count). The summed E-state index contributed by atoms with van der Waals surface area (Å²) in [5.41, 5.74) is 5.40. The van der Waals surface area contributed by atoms with Gasteiger partial charge in [-0.3, -0.25) is 0 Å². The first-order valence-corrected chi connectivity index (χ1v) is 11.2. The summed E-state index contributed by atoms with van der Waals surface area (Å²) in [5.74, 6) is 2.34. The fourth-order valence-electron chi connectivity index (χ4n) is 3.56. The lowest BCUT2D eigenvalue weighted by molar-refractivity contribution is 0.284. The van der Waals surface area contributed by atoms with Crippen LogP contribution in [-0.2, 0) is 19.6 Å². The smallest absolute Gasteiger partial charge is 0.163 e. The van der Waals surface area contributed by atoms with Crippen LogP contribution in [-0.4, -0.2) is 23.6 Å². The van der Waals surface area contributed by atoms with E-state index in [2.05, 4.69) is 46.5 Å². The molecule has 2 N–H and O–H groups in total. The second-order valence-electron chi connectivity index (χ2n) is 7.85. The molecule has 32 heavy (non-hydrogen) atoms. The van der Waals surface area contributed by atoms with Crippen molar-refractivity contribution >= 4 is 22.6 Å². The number of nitrogens with zero attached hydrogens (tertiary/aromatic N) is 1. The van der Waals surface area contributed by atoms with E-state index in [-0.39, 0.29) is 0 Å². The number of aromatic nitrogens is 2. The van der Waals surface area contributed by atoms with Crippen LogP contribution in [0.4, 0.5) is 0 Å². The number of para-hydroxylation sites is 2. The molecule has 0 fully saturated rings. The molecule has 0 spiro atoms. The van der Waals surface area contributed by atoms with Gasteiger partial charge in [-0.2, -0.15) is 0 Å². The normalized spacial score (nSPS) is 11.1. The molecule has 6 heteroatoms. The molecule has 166 valence electrons. The van der Waals surface area contributed by atoms with Crippen molar-refractivity contribution in [3.05, 3.63) is 88.2 Å². The minimum Gasteiger partial charge on any atom is -0.493 e. The number of hydrogen-bond acceptors (Lipinski definition) is 4. The topological polar surface area (TPSA) is 59.2 Å². The average molecular weight is 450 g/mol. The first-order valence-electron chi connectivity index (χ1n) is 10.8. The monoisotopic (exact) mass is 449 g/mol. The lowest BCUT2D eigenvalue weighted by atomic mass is 10.1. The highest BCUT2D eigenvalue weighted by Crippen LogP contribution is 2.34. The summed E-state index contributed by atoms with van der Waals surface area (Å²) in [6.07, 6.45) is 1.87. The first kappa shape index (κ1) is 22.2. The van der Waals surface area contributed by atoms with Crippen molar-refractivity contribution in [1.29, 1.82) is 0 Å². The molecule has 0 amide bonds. The van der Waals surface area contributed by atoms with Crippen molar-refractivity contribution in [2.45, 2.75) is 32.9 Å². The zero-order chi connectivity index (χ0) is 22.3. The number of fused-ring (bicyclic) bond motifs is 1. The van der Waals surface area contributed by atoms with Crippen LogP contribution in [0.1, 0.15) is 28.9 Å². The number of halogens is 1. The highest BCUT2D eigenvalue weighted by molar-refractivity contribution is 6.31. The Morgan fingerprint density at radius 3 is 2.62 bits per heavy atom. The Labute approximate surface area is 193 Å². The maximum Gasteiger partial charge on any atom is 0.163 e. The summed E-state index contributed by atoms with van der Waals surface area (Å²) in [4.78, 5) is 7.99. The lowest BCUT2D eigenvalue weighted by Crippen LogP contribution is -2.16. The van der Waals surface area contributed by atoms with E-state index in [1.807, 2.05) is 36.4 Å². The summed E-state index contributed by atoms with van der Waals surface area (Å²) < 4.78 is 11.5. The molecular formula is C26H28ClN3O2. The molecule has 0 atom stereocenters. The third-order valence-electron chi connectivity index (χ3n) is 5.37. The van der Waals surface area contributed by atoms with Gasteiger partial charge in [0, 0.05) is 24.1 Å². The Hall–Kier alpha value is -3.02. The standard InChI is InChI=1S/C26H28ClN3O2/c1-18-9-11-19(12-10-18)17-32-25-15-21(27)20(14-24(25)31-2)16-28-13-5-8-26-29-22-6-3-4-7-23(22)30-26/h3-4,6-7,9-12,14-15,28H,5,8,13,16-17H2,1-2H3,(H,29,30). The molecule has 0 aliphatic rings. The number of aryl methyl sites for hydroxylation is 2. The van der Waals surface area contributed by atoms with Gasteiger partial charge < -0.3 is 19.8 Å². The van der Waals surface area contributed by atoms with Crippen molar-refractivity contribution in [3.63, 3.8) is 0 Å². The van der Waals surface area contributed by atoms with Crippen LogP contribution in [0.2, 0.25) is 5.02 Å². The molecule has 1 heterocycles. The van der Waals surface area contributed by atoms with Gasteiger partial charge >= 0.3 is 0 Å². The third-order valence-corrected chi connectivity index (χ3v) is 5.72. The van der Waals surface area contributed by atoms with Gasteiger partial charge in [-0.05, 0) is 49.2 Å². The van der Waals surface area contributed by atoms with Crippen molar-refractivity contribution < 1.29 is 9.47 Å². The first-order chi connectivity index (χ1) is 15.6. The Bertz CT molecular complexity index is 1140. The number of benzene rings is 3. The van der Waals surface area contributed by atoms with E-state index in [1.165, 1.54) is 5.56 Å². The van der Waals surface area contributed by atoms with Crippen LogP contribution in [0.5, 0.6) is 11.5 Å². The zero-order valence-corrected chi connectivity index (χ0v) is 19.2. The molecule has 3 aromatic carbocycles. The quantitative estimate of drug-likeness (QED) is 0.299. The molecule has 0 saturated carbocycles. The van der Waals surface area contributed by atoms with Gasteiger partial charge in [0.15, 0.2) is 11.5 Å². The highest BCUT2D eigenvalue weighted by atomic mass is 35.5. The summed E-state index contributed by atoms with van der Waals surface area (Å²) in [5, 5.41) is 4.12. The van der Waals surface area contributed by atoms with E-state index in [1.54, 1.807) is 7.11 Å². The maximum atomic E-state index is 6.52. The van der Waals surface area contributed by atoms with Crippen LogP contribution in [0.25, 0.3) is 11.0 Å². The van der Waals surface area contributed by atoms with E-state index < -0.39 is 0 Å². The lowest BCUT2D eigenvalue weighted by Gasteiger charge is -2.14. The largest absolute Gasteiger partial charge is 0.493 e. The van der Waals surface area contributed by atoms with E-state index in [9.17, 15) is 0 Å². The van der Waals surface area contributed by atoms with E-state index >= 15 is 0 Å². The Kier molecular flexibility index (Phi) is 7.30. The number of H-pyrrole nitrogens is 1. The van der Waals surface area contributed by atoms with E-state index in [4.69, 9.17) is 21.1 Å². The Morgan fingerprint density at radius 1 is 1.03 bits per heavy atom. The van der Waals surface area contributed by atoms with Gasteiger partial charge in [-0.15, -0.1) is 0 Å². The Balaban J connectivity index is 1.28. The zero-order valence-electron chi connectivity index (χ0n) is 18.5. The number of aromatic amines is 1. The van der Waals surface area contributed by atoms with E-state index in [0.29, 0.717) is 29.7 Å². The molecule has 0 bridgehead atoms. The van der Waals surface area contributed by atoms with Crippen molar-refractivity contribution in [3.8, 4) is 11.5 Å². The average Bonchev–Trinajstić information content (AvgIpc) is 3.22. The van der Waals surface area contributed by atoms with Gasteiger partial charge in [0.05, 0.1) is 18.1 Å². The van der Waals surface area contributed by atoms with Gasteiger partial charge in [0.1, 0.15) is 12.4 Å². The van der Waals surface area contributed by atoms with Crippen LogP contribution in [0, 0.1) is 6.92 Å². The molecule has 0 radical (unpaired) electrons. The van der Waals surface area contributed by atoms with Crippen LogP contribution >= 0.6 is 11.6 Å². The number of methoxy groups -OCH3 is 1. The summed E-state index contributed by atoms with van der Waals surface area (Å²) in [6, 6.07) is 20.1. The summed E-state index contributed by atoms with van der Waals surface area (Å²) in [7, 11) is 1.65. The molecule has 0 unspecified atom stereocenters. The molecule has 0 aliphatic carbocycles. The van der Waals surface area contributed by atoms with Crippen molar-refractivity contribution in [1.82, 2.24) is 15.3 Å². The Morgan fingerprint density at radius 2 is 1.84 bits per heavy atom. The second-order valence-corrected chi connectivity index (χ2v) is 8.26. The molecule has 0 saturated heterocycles. The van der Waals surface area contributed by atoms with Gasteiger partial charge in [-0.25, -0.2) is 4.98 Å². The van der Waals surface area contributed by atoms with E-state index in [0.717, 1.165) is 47.4 Å². The van der Waals surface area contributed by atoms with Gasteiger partial charge in [0.25, 0.3) is 0 Å². The molecular weight excluding hydrogens is 422 g/mol. The predicted octanol–water partition coefficient (Wildman–Crippen LogP) is 5.83. The van der Waals surface area contributed by atoms with Gasteiger partial charge in [-0.1, -0.05) is 53.6 Å².